The van der Waals surface area contributed by atoms with E-state index < -0.39 is 5.97 Å². The molecule has 0 saturated carbocycles. The second-order valence-corrected chi connectivity index (χ2v) is 3.28. The highest BCUT2D eigenvalue weighted by atomic mass is 16.5. The molecule has 0 radical (unpaired) electrons. The summed E-state index contributed by atoms with van der Waals surface area (Å²) >= 11 is 0. The fourth-order valence-corrected chi connectivity index (χ4v) is 1.58. The molecule has 1 unspecified atom stereocenters. The predicted molar refractivity (Wildman–Crippen MR) is 46.0 cm³/mol. The number of fused-ring (bicyclic) bond motifs is 1. The zero-order chi connectivity index (χ0) is 10.1. The zero-order valence-electron chi connectivity index (χ0n) is 7.82. The maximum Gasteiger partial charge on any atom is 0.358 e. The molecule has 0 aromatic carbocycles. The van der Waals surface area contributed by atoms with Crippen LogP contribution in [-0.2, 0) is 17.8 Å². The van der Waals surface area contributed by atoms with Crippen LogP contribution in [0.15, 0.2) is 4.52 Å². The maximum absolute atomic E-state index is 10.8. The molecule has 0 bridgehead atoms. The Bertz CT molecular complexity index is 358. The van der Waals surface area contributed by atoms with Gasteiger partial charge in [-0.3, -0.25) is 0 Å². The summed E-state index contributed by atoms with van der Waals surface area (Å²) in [6.45, 7) is 2.33. The van der Waals surface area contributed by atoms with Gasteiger partial charge >= 0.3 is 5.97 Å². The molecular weight excluding hydrogens is 186 g/mol. The number of rotatable bonds is 2. The van der Waals surface area contributed by atoms with Crippen molar-refractivity contribution in [3.8, 4) is 0 Å². The fourth-order valence-electron chi connectivity index (χ4n) is 1.58. The van der Waals surface area contributed by atoms with Crippen LogP contribution in [0.25, 0.3) is 0 Å². The highest BCUT2D eigenvalue weighted by Gasteiger charge is 2.28. The lowest BCUT2D eigenvalue weighted by molar-refractivity contribution is 0.0130. The summed E-state index contributed by atoms with van der Waals surface area (Å²) in [5, 5.41) is 12.3. The van der Waals surface area contributed by atoms with E-state index in [0.29, 0.717) is 24.4 Å². The van der Waals surface area contributed by atoms with Crippen LogP contribution in [0.4, 0.5) is 0 Å². The molecule has 0 saturated heterocycles. The highest BCUT2D eigenvalue weighted by Crippen LogP contribution is 2.24. The van der Waals surface area contributed by atoms with Gasteiger partial charge in [-0.05, 0) is 6.42 Å². The molecule has 1 atom stereocenters. The van der Waals surface area contributed by atoms with E-state index in [1.54, 1.807) is 0 Å². The van der Waals surface area contributed by atoms with E-state index in [1.807, 2.05) is 6.92 Å². The molecule has 1 N–H and O–H groups in total. The van der Waals surface area contributed by atoms with E-state index in [1.165, 1.54) is 0 Å². The van der Waals surface area contributed by atoms with Crippen LogP contribution in [0.5, 0.6) is 0 Å². The van der Waals surface area contributed by atoms with Crippen LogP contribution in [-0.4, -0.2) is 22.3 Å². The normalized spacial score (nSPS) is 20.5. The summed E-state index contributed by atoms with van der Waals surface area (Å²) in [5.41, 5.74) is 0.720. The number of nitrogens with zero attached hydrogens (tertiary/aromatic N) is 1. The predicted octanol–water partition coefficient (Wildman–Crippen LogP) is 1.22. The Morgan fingerprint density at radius 3 is 3.14 bits per heavy atom. The van der Waals surface area contributed by atoms with Crippen molar-refractivity contribution >= 4 is 5.97 Å². The standard InChI is InChI=1S/C9H11NO4/c1-2-5-3-6-7(4-13-5)14-10-8(6)9(11)12/h5H,2-4H2,1H3,(H,11,12). The molecule has 1 aliphatic rings. The Hall–Kier alpha value is -1.36. The maximum atomic E-state index is 10.8. The lowest BCUT2D eigenvalue weighted by Crippen LogP contribution is -2.21. The smallest absolute Gasteiger partial charge is 0.358 e. The fraction of sp³-hybridized carbons (Fsp3) is 0.556. The van der Waals surface area contributed by atoms with Gasteiger partial charge in [0.15, 0.2) is 11.5 Å². The van der Waals surface area contributed by atoms with Gasteiger partial charge < -0.3 is 14.4 Å². The van der Waals surface area contributed by atoms with E-state index in [2.05, 4.69) is 5.16 Å². The Morgan fingerprint density at radius 2 is 2.50 bits per heavy atom. The molecule has 0 amide bonds. The number of hydrogen-bond acceptors (Lipinski definition) is 4. The van der Waals surface area contributed by atoms with Crippen LogP contribution >= 0.6 is 0 Å². The number of hydrogen-bond donors (Lipinski definition) is 1. The Kier molecular flexibility index (Phi) is 2.25. The zero-order valence-corrected chi connectivity index (χ0v) is 7.82. The van der Waals surface area contributed by atoms with Gasteiger partial charge in [0.05, 0.1) is 6.10 Å². The first-order valence-electron chi connectivity index (χ1n) is 4.54. The second-order valence-electron chi connectivity index (χ2n) is 3.28. The molecule has 0 spiro atoms. The van der Waals surface area contributed by atoms with Gasteiger partial charge in [-0.25, -0.2) is 4.79 Å². The largest absolute Gasteiger partial charge is 0.476 e. The minimum absolute atomic E-state index is 0.0294. The van der Waals surface area contributed by atoms with Gasteiger partial charge in [-0.2, -0.15) is 0 Å². The molecule has 2 rings (SSSR count). The van der Waals surface area contributed by atoms with E-state index in [9.17, 15) is 4.79 Å². The first kappa shape index (κ1) is 9.21. The number of ether oxygens (including phenoxy) is 1. The number of carboxylic acid groups (broad SMARTS) is 1. The summed E-state index contributed by atoms with van der Waals surface area (Å²) in [6, 6.07) is 0. The van der Waals surface area contributed by atoms with Crippen LogP contribution in [0.1, 0.15) is 35.2 Å². The van der Waals surface area contributed by atoms with Crippen molar-refractivity contribution in [1.29, 1.82) is 0 Å². The molecule has 76 valence electrons. The van der Waals surface area contributed by atoms with Gasteiger partial charge in [0.1, 0.15) is 6.61 Å². The third kappa shape index (κ3) is 1.39. The lowest BCUT2D eigenvalue weighted by Gasteiger charge is -2.19. The number of carboxylic acids is 1. The summed E-state index contributed by atoms with van der Waals surface area (Å²) in [6.07, 6.45) is 1.53. The Morgan fingerprint density at radius 1 is 1.71 bits per heavy atom. The van der Waals surface area contributed by atoms with E-state index in [-0.39, 0.29) is 11.8 Å². The Balaban J connectivity index is 2.32. The minimum atomic E-state index is -1.04. The lowest BCUT2D eigenvalue weighted by atomic mass is 10.0. The molecule has 1 aromatic heterocycles. The van der Waals surface area contributed by atoms with Crippen molar-refractivity contribution in [3.63, 3.8) is 0 Å². The van der Waals surface area contributed by atoms with Gasteiger partial charge in [0.2, 0.25) is 0 Å². The van der Waals surface area contributed by atoms with Crippen molar-refractivity contribution in [2.75, 3.05) is 0 Å². The molecule has 2 heterocycles. The minimum Gasteiger partial charge on any atom is -0.476 e. The number of aromatic nitrogens is 1. The van der Waals surface area contributed by atoms with Gasteiger partial charge in [0, 0.05) is 12.0 Å². The van der Waals surface area contributed by atoms with Gasteiger partial charge in [-0.1, -0.05) is 12.1 Å². The second kappa shape index (κ2) is 3.42. The topological polar surface area (TPSA) is 72.6 Å². The van der Waals surface area contributed by atoms with Crippen molar-refractivity contribution in [3.05, 3.63) is 17.0 Å². The molecule has 14 heavy (non-hydrogen) atoms. The van der Waals surface area contributed by atoms with E-state index >= 15 is 0 Å². The molecule has 0 aliphatic carbocycles. The van der Waals surface area contributed by atoms with Gasteiger partial charge in [0.25, 0.3) is 0 Å². The first-order chi connectivity index (χ1) is 6.72. The summed E-state index contributed by atoms with van der Waals surface area (Å²) in [7, 11) is 0. The summed E-state index contributed by atoms with van der Waals surface area (Å²) in [5.74, 6) is -0.487. The molecular formula is C9H11NO4. The van der Waals surface area contributed by atoms with Crippen molar-refractivity contribution in [1.82, 2.24) is 5.16 Å². The third-order valence-electron chi connectivity index (χ3n) is 2.41. The van der Waals surface area contributed by atoms with Crippen LogP contribution < -0.4 is 0 Å². The van der Waals surface area contributed by atoms with Crippen molar-refractivity contribution in [2.45, 2.75) is 32.5 Å². The highest BCUT2D eigenvalue weighted by molar-refractivity contribution is 5.87. The molecule has 5 heteroatoms. The number of aromatic carboxylic acids is 1. The first-order valence-corrected chi connectivity index (χ1v) is 4.54. The SMILES string of the molecule is CCC1Cc2c(C(=O)O)noc2CO1. The van der Waals surface area contributed by atoms with E-state index in [0.717, 1.165) is 6.42 Å². The summed E-state index contributed by atoms with van der Waals surface area (Å²) < 4.78 is 10.3. The Labute approximate surface area is 80.6 Å². The van der Waals surface area contributed by atoms with Crippen LogP contribution in [0, 0.1) is 0 Å². The average Bonchev–Trinajstić information content (AvgIpc) is 2.59. The van der Waals surface area contributed by atoms with Gasteiger partial charge in [-0.15, -0.1) is 0 Å². The molecule has 1 aliphatic heterocycles. The quantitative estimate of drug-likeness (QED) is 0.771. The molecule has 5 nitrogen and oxygen atoms in total. The summed E-state index contributed by atoms with van der Waals surface area (Å²) in [4.78, 5) is 10.8. The van der Waals surface area contributed by atoms with Crippen molar-refractivity contribution < 1.29 is 19.2 Å². The van der Waals surface area contributed by atoms with Crippen LogP contribution in [0.3, 0.4) is 0 Å². The number of carbonyl (C=O) groups is 1. The molecule has 1 aromatic rings. The monoisotopic (exact) mass is 197 g/mol. The van der Waals surface area contributed by atoms with Crippen molar-refractivity contribution in [2.24, 2.45) is 0 Å². The van der Waals surface area contributed by atoms with Crippen LogP contribution in [0.2, 0.25) is 0 Å². The third-order valence-corrected chi connectivity index (χ3v) is 2.41. The van der Waals surface area contributed by atoms with E-state index in [4.69, 9.17) is 14.4 Å². The molecule has 0 fully saturated rings. The average molecular weight is 197 g/mol.